The van der Waals surface area contributed by atoms with E-state index in [4.69, 9.17) is 4.74 Å². The molecule has 0 radical (unpaired) electrons. The van der Waals surface area contributed by atoms with Crippen LogP contribution in [0.1, 0.15) is 0 Å². The molecule has 0 aromatic heterocycles. The second kappa shape index (κ2) is 5.02. The van der Waals surface area contributed by atoms with E-state index in [-0.39, 0.29) is 6.03 Å². The van der Waals surface area contributed by atoms with Crippen LogP contribution in [0.15, 0.2) is 22.7 Å². The molecule has 0 saturated carbocycles. The number of halogens is 1. The van der Waals surface area contributed by atoms with Gasteiger partial charge in [0.25, 0.3) is 0 Å². The number of carbonyl (C=O) groups is 1. The van der Waals surface area contributed by atoms with Gasteiger partial charge in [-0.1, -0.05) is 0 Å². The second-order valence-electron chi connectivity index (χ2n) is 3.17. The molecule has 2 amide bonds. The quantitative estimate of drug-likeness (QED) is 0.899. The first-order valence-electron chi connectivity index (χ1n) is 4.36. The number of anilines is 1. The van der Waals surface area contributed by atoms with E-state index in [0.717, 1.165) is 15.9 Å². The molecule has 0 bridgehead atoms. The first-order valence-corrected chi connectivity index (χ1v) is 5.15. The number of rotatable bonds is 2. The molecule has 0 aliphatic heterocycles. The Kier molecular flexibility index (Phi) is 3.96. The van der Waals surface area contributed by atoms with Gasteiger partial charge < -0.3 is 15.0 Å². The third-order valence-corrected chi connectivity index (χ3v) is 2.43. The number of hydrogen-bond acceptors (Lipinski definition) is 2. The molecule has 0 atom stereocenters. The first-order chi connectivity index (χ1) is 7.04. The Morgan fingerprint density at radius 3 is 2.60 bits per heavy atom. The lowest BCUT2D eigenvalue weighted by Crippen LogP contribution is -2.27. The van der Waals surface area contributed by atoms with Crippen molar-refractivity contribution in [2.24, 2.45) is 0 Å². The molecule has 0 fully saturated rings. The number of benzene rings is 1. The Bertz CT molecular complexity index is 366. The molecule has 1 N–H and O–H groups in total. The minimum Gasteiger partial charge on any atom is -0.496 e. The molecule has 0 saturated heterocycles. The maximum Gasteiger partial charge on any atom is 0.321 e. The van der Waals surface area contributed by atoms with E-state index in [2.05, 4.69) is 21.2 Å². The first kappa shape index (κ1) is 11.8. The highest BCUT2D eigenvalue weighted by atomic mass is 79.9. The number of carbonyl (C=O) groups excluding carboxylic acids is 1. The van der Waals surface area contributed by atoms with Crippen LogP contribution in [0.3, 0.4) is 0 Å². The van der Waals surface area contributed by atoms with Gasteiger partial charge >= 0.3 is 6.03 Å². The van der Waals surface area contributed by atoms with E-state index in [1.165, 1.54) is 4.90 Å². The third kappa shape index (κ3) is 3.13. The summed E-state index contributed by atoms with van der Waals surface area (Å²) in [5.74, 6) is 0.734. The Labute approximate surface area is 97.3 Å². The van der Waals surface area contributed by atoms with Gasteiger partial charge in [0.2, 0.25) is 0 Å². The maximum absolute atomic E-state index is 11.3. The number of amides is 2. The van der Waals surface area contributed by atoms with Crippen LogP contribution in [0.25, 0.3) is 0 Å². The second-order valence-corrected chi connectivity index (χ2v) is 4.03. The summed E-state index contributed by atoms with van der Waals surface area (Å²) in [7, 11) is 4.97. The average Bonchev–Trinajstić information content (AvgIpc) is 2.18. The number of hydrogen-bond donors (Lipinski definition) is 1. The van der Waals surface area contributed by atoms with Gasteiger partial charge in [0.1, 0.15) is 5.75 Å². The molecule has 0 spiro atoms. The zero-order valence-electron chi connectivity index (χ0n) is 8.87. The summed E-state index contributed by atoms with van der Waals surface area (Å²) >= 11 is 3.34. The van der Waals surface area contributed by atoms with Gasteiger partial charge in [-0.05, 0) is 34.1 Å². The maximum atomic E-state index is 11.3. The molecule has 1 aromatic rings. The zero-order chi connectivity index (χ0) is 11.4. The van der Waals surface area contributed by atoms with Crippen molar-refractivity contribution in [3.8, 4) is 5.75 Å². The van der Waals surface area contributed by atoms with Gasteiger partial charge in [0.05, 0.1) is 11.6 Å². The molecule has 82 valence electrons. The summed E-state index contributed by atoms with van der Waals surface area (Å²) in [6.07, 6.45) is 0. The Morgan fingerprint density at radius 1 is 1.47 bits per heavy atom. The highest BCUT2D eigenvalue weighted by Crippen LogP contribution is 2.27. The average molecular weight is 273 g/mol. The summed E-state index contributed by atoms with van der Waals surface area (Å²) < 4.78 is 5.89. The fourth-order valence-corrected chi connectivity index (χ4v) is 1.52. The van der Waals surface area contributed by atoms with Crippen molar-refractivity contribution in [3.63, 3.8) is 0 Å². The number of nitrogens with zero attached hydrogens (tertiary/aromatic N) is 1. The summed E-state index contributed by atoms with van der Waals surface area (Å²) in [5.41, 5.74) is 0.723. The molecule has 5 heteroatoms. The molecular weight excluding hydrogens is 260 g/mol. The van der Waals surface area contributed by atoms with E-state index in [0.29, 0.717) is 0 Å². The van der Waals surface area contributed by atoms with Gasteiger partial charge in [0.15, 0.2) is 0 Å². The standard InChI is InChI=1S/C10H13BrN2O2/c1-13(2)10(14)12-7-4-5-9(15-3)8(11)6-7/h4-6H,1-3H3,(H,12,14). The third-order valence-electron chi connectivity index (χ3n) is 1.81. The van der Waals surface area contributed by atoms with Crippen LogP contribution >= 0.6 is 15.9 Å². The predicted molar refractivity (Wildman–Crippen MR) is 63.4 cm³/mol. The van der Waals surface area contributed by atoms with E-state index in [1.807, 2.05) is 0 Å². The molecule has 0 aliphatic carbocycles. The van der Waals surface area contributed by atoms with Gasteiger partial charge in [-0.3, -0.25) is 0 Å². The summed E-state index contributed by atoms with van der Waals surface area (Å²) in [4.78, 5) is 12.8. The van der Waals surface area contributed by atoms with E-state index < -0.39 is 0 Å². The van der Waals surface area contributed by atoms with Crippen molar-refractivity contribution in [2.75, 3.05) is 26.5 Å². The Balaban J connectivity index is 2.80. The largest absolute Gasteiger partial charge is 0.496 e. The lowest BCUT2D eigenvalue weighted by molar-refractivity contribution is 0.230. The summed E-state index contributed by atoms with van der Waals surface area (Å²) in [6.45, 7) is 0. The van der Waals surface area contributed by atoms with Gasteiger partial charge in [-0.15, -0.1) is 0 Å². The molecule has 1 aromatic carbocycles. The SMILES string of the molecule is COc1ccc(NC(=O)N(C)C)cc1Br. The predicted octanol–water partition coefficient (Wildman–Crippen LogP) is 2.55. The molecule has 0 unspecified atom stereocenters. The van der Waals surface area contributed by atoms with Gasteiger partial charge in [0, 0.05) is 19.8 Å². The van der Waals surface area contributed by atoms with Crippen LogP contribution in [-0.4, -0.2) is 32.1 Å². The van der Waals surface area contributed by atoms with Crippen molar-refractivity contribution in [1.82, 2.24) is 4.90 Å². The molecule has 0 heterocycles. The fraction of sp³-hybridized carbons (Fsp3) is 0.300. The van der Waals surface area contributed by atoms with Gasteiger partial charge in [-0.2, -0.15) is 0 Å². The highest BCUT2D eigenvalue weighted by Gasteiger charge is 2.06. The van der Waals surface area contributed by atoms with Crippen LogP contribution in [0.5, 0.6) is 5.75 Å². The molecular formula is C10H13BrN2O2. The Morgan fingerprint density at radius 2 is 2.13 bits per heavy atom. The number of urea groups is 1. The Hall–Kier alpha value is -1.23. The smallest absolute Gasteiger partial charge is 0.321 e. The van der Waals surface area contributed by atoms with Crippen molar-refractivity contribution < 1.29 is 9.53 Å². The molecule has 0 aliphatic rings. The van der Waals surface area contributed by atoms with Crippen molar-refractivity contribution in [1.29, 1.82) is 0 Å². The summed E-state index contributed by atoms with van der Waals surface area (Å²) in [6, 6.07) is 5.20. The lowest BCUT2D eigenvalue weighted by atomic mass is 10.3. The van der Waals surface area contributed by atoms with Crippen LogP contribution in [0, 0.1) is 0 Å². The van der Waals surface area contributed by atoms with E-state index in [1.54, 1.807) is 39.4 Å². The van der Waals surface area contributed by atoms with Crippen molar-refractivity contribution in [3.05, 3.63) is 22.7 Å². The normalized spacial score (nSPS) is 9.60. The van der Waals surface area contributed by atoms with Crippen LogP contribution in [-0.2, 0) is 0 Å². The molecule has 4 nitrogen and oxygen atoms in total. The van der Waals surface area contributed by atoms with Crippen LogP contribution < -0.4 is 10.1 Å². The lowest BCUT2D eigenvalue weighted by Gasteiger charge is -2.12. The summed E-state index contributed by atoms with van der Waals surface area (Å²) in [5, 5.41) is 2.73. The van der Waals surface area contributed by atoms with E-state index in [9.17, 15) is 4.79 Å². The van der Waals surface area contributed by atoms with Crippen molar-refractivity contribution >= 4 is 27.6 Å². The van der Waals surface area contributed by atoms with Crippen LogP contribution in [0.2, 0.25) is 0 Å². The van der Waals surface area contributed by atoms with Gasteiger partial charge in [-0.25, -0.2) is 4.79 Å². The van der Waals surface area contributed by atoms with Crippen LogP contribution in [0.4, 0.5) is 10.5 Å². The number of ether oxygens (including phenoxy) is 1. The zero-order valence-corrected chi connectivity index (χ0v) is 10.5. The monoisotopic (exact) mass is 272 g/mol. The minimum atomic E-state index is -0.160. The highest BCUT2D eigenvalue weighted by molar-refractivity contribution is 9.10. The number of methoxy groups -OCH3 is 1. The fourth-order valence-electron chi connectivity index (χ4n) is 0.979. The minimum absolute atomic E-state index is 0.160. The molecule has 15 heavy (non-hydrogen) atoms. The van der Waals surface area contributed by atoms with Crippen molar-refractivity contribution in [2.45, 2.75) is 0 Å². The number of nitrogens with one attached hydrogen (secondary N) is 1. The van der Waals surface area contributed by atoms with E-state index >= 15 is 0 Å². The molecule has 1 rings (SSSR count). The topological polar surface area (TPSA) is 41.6 Å².